The normalized spacial score (nSPS) is 11.0. The number of phenolic OH excluding ortho intramolecular Hbond substituents is 1. The smallest absolute Gasteiger partial charge is 0.344 e. The lowest BCUT2D eigenvalue weighted by Gasteiger charge is -2.09. The van der Waals surface area contributed by atoms with Crippen LogP contribution in [0.3, 0.4) is 0 Å². The van der Waals surface area contributed by atoms with Crippen LogP contribution < -0.4 is 5.63 Å². The summed E-state index contributed by atoms with van der Waals surface area (Å²) in [5.74, 6) is 0.656. The number of aryl methyl sites for hydroxylation is 1. The molecule has 0 aliphatic rings. The first-order valence-corrected chi connectivity index (χ1v) is 8.54. The summed E-state index contributed by atoms with van der Waals surface area (Å²) < 4.78 is 5.53. The Bertz CT molecular complexity index is 893. The molecule has 0 unspecified atom stereocenters. The molecule has 1 aromatic heterocycles. The van der Waals surface area contributed by atoms with Crippen LogP contribution in [0.25, 0.3) is 22.1 Å². The summed E-state index contributed by atoms with van der Waals surface area (Å²) in [7, 11) is 0. The van der Waals surface area contributed by atoms with Crippen molar-refractivity contribution >= 4 is 10.8 Å². The zero-order chi connectivity index (χ0) is 16.9. The third kappa shape index (κ3) is 3.51. The van der Waals surface area contributed by atoms with Crippen molar-refractivity contribution in [3.05, 3.63) is 64.5 Å². The van der Waals surface area contributed by atoms with Crippen LogP contribution >= 0.6 is 0 Å². The van der Waals surface area contributed by atoms with Crippen molar-refractivity contribution in [3.63, 3.8) is 0 Å². The predicted octanol–water partition coefficient (Wildman–Crippen LogP) is 5.29. The third-order valence-electron chi connectivity index (χ3n) is 4.33. The van der Waals surface area contributed by atoms with E-state index in [4.69, 9.17) is 4.42 Å². The Labute approximate surface area is 141 Å². The van der Waals surface area contributed by atoms with Gasteiger partial charge in [-0.05, 0) is 42.0 Å². The van der Waals surface area contributed by atoms with Crippen molar-refractivity contribution < 1.29 is 9.52 Å². The van der Waals surface area contributed by atoms with Gasteiger partial charge < -0.3 is 9.52 Å². The predicted molar refractivity (Wildman–Crippen MR) is 97.4 cm³/mol. The van der Waals surface area contributed by atoms with Gasteiger partial charge in [-0.15, -0.1) is 0 Å². The molecule has 0 fully saturated rings. The van der Waals surface area contributed by atoms with Gasteiger partial charge in [0.15, 0.2) is 0 Å². The Kier molecular flexibility index (Phi) is 4.99. The summed E-state index contributed by atoms with van der Waals surface area (Å²) >= 11 is 0. The molecule has 24 heavy (non-hydrogen) atoms. The molecule has 3 heteroatoms. The molecule has 3 nitrogen and oxygen atoms in total. The topological polar surface area (TPSA) is 50.4 Å². The summed E-state index contributed by atoms with van der Waals surface area (Å²) in [6.45, 7) is 2.20. The van der Waals surface area contributed by atoms with Crippen molar-refractivity contribution in [2.75, 3.05) is 0 Å². The van der Waals surface area contributed by atoms with Gasteiger partial charge in [0.25, 0.3) is 0 Å². The fraction of sp³-hybridized carbons (Fsp3) is 0.286. The van der Waals surface area contributed by atoms with Crippen LogP contribution in [0, 0.1) is 0 Å². The number of benzene rings is 2. The molecule has 0 spiro atoms. The molecule has 0 atom stereocenters. The molecular weight excluding hydrogens is 300 g/mol. The highest BCUT2D eigenvalue weighted by Gasteiger charge is 2.11. The summed E-state index contributed by atoms with van der Waals surface area (Å²) in [6, 6.07) is 14.7. The standard InChI is InChI=1S/C21H22O3/c1-2-3-4-5-8-15-9-6-7-10-18(15)20-13-16-11-12-17(22)14-19(16)21(23)24-20/h6-7,9-14,22H,2-5,8H2,1H3. The second kappa shape index (κ2) is 7.35. The van der Waals surface area contributed by atoms with Crippen molar-refractivity contribution in [2.24, 2.45) is 0 Å². The minimum absolute atomic E-state index is 0.0684. The molecule has 3 aromatic rings. The average molecular weight is 322 g/mol. The van der Waals surface area contributed by atoms with E-state index in [2.05, 4.69) is 13.0 Å². The zero-order valence-electron chi connectivity index (χ0n) is 13.9. The lowest BCUT2D eigenvalue weighted by Crippen LogP contribution is -2.01. The molecule has 0 aliphatic carbocycles. The van der Waals surface area contributed by atoms with E-state index in [0.717, 1.165) is 23.8 Å². The maximum Gasteiger partial charge on any atom is 0.344 e. The van der Waals surface area contributed by atoms with E-state index in [1.165, 1.54) is 30.9 Å². The van der Waals surface area contributed by atoms with Gasteiger partial charge >= 0.3 is 5.63 Å². The van der Waals surface area contributed by atoms with Gasteiger partial charge in [-0.25, -0.2) is 4.79 Å². The molecule has 1 heterocycles. The van der Waals surface area contributed by atoms with Crippen molar-refractivity contribution in [1.82, 2.24) is 0 Å². The van der Waals surface area contributed by atoms with Crippen LogP contribution in [0.1, 0.15) is 38.2 Å². The van der Waals surface area contributed by atoms with E-state index in [9.17, 15) is 9.90 Å². The highest BCUT2D eigenvalue weighted by Crippen LogP contribution is 2.27. The SMILES string of the molecule is CCCCCCc1ccccc1-c1cc2ccc(O)cc2c(=O)o1. The van der Waals surface area contributed by atoms with E-state index in [-0.39, 0.29) is 5.75 Å². The van der Waals surface area contributed by atoms with Crippen LogP contribution in [0.4, 0.5) is 0 Å². The van der Waals surface area contributed by atoms with Crippen LogP contribution in [-0.4, -0.2) is 5.11 Å². The van der Waals surface area contributed by atoms with E-state index in [1.54, 1.807) is 12.1 Å². The molecule has 2 aromatic carbocycles. The van der Waals surface area contributed by atoms with Gasteiger partial charge in [-0.1, -0.05) is 56.5 Å². The van der Waals surface area contributed by atoms with Crippen molar-refractivity contribution in [2.45, 2.75) is 39.0 Å². The summed E-state index contributed by atoms with van der Waals surface area (Å²) in [5, 5.41) is 10.7. The maximum absolute atomic E-state index is 12.3. The molecule has 0 saturated carbocycles. The largest absolute Gasteiger partial charge is 0.508 e. The maximum atomic E-state index is 12.3. The zero-order valence-corrected chi connectivity index (χ0v) is 13.9. The lowest BCUT2D eigenvalue weighted by molar-refractivity contribution is 0.475. The number of unbranched alkanes of at least 4 members (excludes halogenated alkanes) is 3. The first-order valence-electron chi connectivity index (χ1n) is 8.54. The fourth-order valence-electron chi connectivity index (χ4n) is 3.03. The van der Waals surface area contributed by atoms with Crippen molar-refractivity contribution in [1.29, 1.82) is 0 Å². The van der Waals surface area contributed by atoms with Crippen molar-refractivity contribution in [3.8, 4) is 17.1 Å². The molecule has 3 rings (SSSR count). The second-order valence-electron chi connectivity index (χ2n) is 6.14. The minimum atomic E-state index is -0.417. The average Bonchev–Trinajstić information content (AvgIpc) is 2.59. The number of aromatic hydroxyl groups is 1. The number of fused-ring (bicyclic) bond motifs is 1. The third-order valence-corrected chi connectivity index (χ3v) is 4.33. The van der Waals surface area contributed by atoms with Gasteiger partial charge in [0.05, 0.1) is 5.39 Å². The Morgan fingerprint density at radius 2 is 1.83 bits per heavy atom. The number of rotatable bonds is 6. The fourth-order valence-corrected chi connectivity index (χ4v) is 3.03. The molecule has 0 saturated heterocycles. The molecule has 0 amide bonds. The van der Waals surface area contributed by atoms with E-state index in [0.29, 0.717) is 11.1 Å². The van der Waals surface area contributed by atoms with Crippen LogP contribution in [0.5, 0.6) is 5.75 Å². The quantitative estimate of drug-likeness (QED) is 0.627. The molecule has 0 aliphatic heterocycles. The number of hydrogen-bond acceptors (Lipinski definition) is 3. The first-order chi connectivity index (χ1) is 11.7. The summed E-state index contributed by atoms with van der Waals surface area (Å²) in [4.78, 5) is 12.3. The summed E-state index contributed by atoms with van der Waals surface area (Å²) in [6.07, 6.45) is 5.79. The van der Waals surface area contributed by atoms with Gasteiger partial charge in [0.2, 0.25) is 0 Å². The number of hydrogen-bond donors (Lipinski definition) is 1. The Balaban J connectivity index is 1.98. The molecule has 0 bridgehead atoms. The molecular formula is C21H22O3. The van der Waals surface area contributed by atoms with Crippen LogP contribution in [-0.2, 0) is 6.42 Å². The molecule has 1 N–H and O–H groups in total. The van der Waals surface area contributed by atoms with Gasteiger partial charge in [-0.2, -0.15) is 0 Å². The lowest BCUT2D eigenvalue weighted by atomic mass is 9.98. The van der Waals surface area contributed by atoms with Gasteiger partial charge in [-0.3, -0.25) is 0 Å². The van der Waals surface area contributed by atoms with Gasteiger partial charge in [0.1, 0.15) is 11.5 Å². The number of phenols is 1. The second-order valence-corrected chi connectivity index (χ2v) is 6.14. The highest BCUT2D eigenvalue weighted by molar-refractivity contribution is 5.85. The Morgan fingerprint density at radius 3 is 2.67 bits per heavy atom. The van der Waals surface area contributed by atoms with Gasteiger partial charge in [0, 0.05) is 5.56 Å². The van der Waals surface area contributed by atoms with E-state index < -0.39 is 5.63 Å². The van der Waals surface area contributed by atoms with Crippen LogP contribution in [0.15, 0.2) is 57.7 Å². The molecule has 124 valence electrons. The minimum Gasteiger partial charge on any atom is -0.508 e. The highest BCUT2D eigenvalue weighted by atomic mass is 16.4. The Morgan fingerprint density at radius 1 is 1.00 bits per heavy atom. The molecule has 0 radical (unpaired) electrons. The van der Waals surface area contributed by atoms with E-state index in [1.807, 2.05) is 24.3 Å². The Hall–Kier alpha value is -2.55. The van der Waals surface area contributed by atoms with Crippen LogP contribution in [0.2, 0.25) is 0 Å². The first kappa shape index (κ1) is 16.3. The van der Waals surface area contributed by atoms with E-state index >= 15 is 0 Å². The summed E-state index contributed by atoms with van der Waals surface area (Å²) in [5.41, 5.74) is 1.76. The monoisotopic (exact) mass is 322 g/mol.